The third kappa shape index (κ3) is 5.93. The van der Waals surface area contributed by atoms with Crippen LogP contribution in [-0.4, -0.2) is 21.6 Å². The number of hydrogen-bond donors (Lipinski definition) is 1. The highest BCUT2D eigenvalue weighted by Gasteiger charge is 2.14. The van der Waals surface area contributed by atoms with Gasteiger partial charge in [0.2, 0.25) is 10.0 Å². The number of halogens is 2. The Morgan fingerprint density at radius 2 is 1.87 bits per heavy atom. The molecule has 4 nitrogen and oxygen atoms in total. The monoisotopic (exact) mass is 401 g/mol. The van der Waals surface area contributed by atoms with Crippen molar-refractivity contribution in [3.05, 3.63) is 63.9 Å². The fraction of sp³-hybridized carbons (Fsp3) is 0.250. The third-order valence-electron chi connectivity index (χ3n) is 3.07. The first kappa shape index (κ1) is 17.9. The summed E-state index contributed by atoms with van der Waals surface area (Å²) in [6.45, 7) is 2.29. The summed E-state index contributed by atoms with van der Waals surface area (Å²) in [4.78, 5) is 0. The van der Waals surface area contributed by atoms with Crippen LogP contribution in [-0.2, 0) is 15.8 Å². The van der Waals surface area contributed by atoms with Gasteiger partial charge in [-0.3, -0.25) is 0 Å². The van der Waals surface area contributed by atoms with E-state index in [0.717, 1.165) is 5.56 Å². The normalized spacial score (nSPS) is 11.4. The predicted molar refractivity (Wildman–Crippen MR) is 91.4 cm³/mol. The Balaban J connectivity index is 1.83. The van der Waals surface area contributed by atoms with E-state index < -0.39 is 21.6 Å². The number of rotatable bonds is 7. The maximum absolute atomic E-state index is 13.7. The summed E-state index contributed by atoms with van der Waals surface area (Å²) in [5, 5.41) is 0. The van der Waals surface area contributed by atoms with Crippen LogP contribution in [0.4, 0.5) is 4.39 Å². The number of nitrogens with one attached hydrogen (secondary N) is 1. The molecule has 7 heteroatoms. The van der Waals surface area contributed by atoms with E-state index in [1.165, 1.54) is 12.1 Å². The molecular formula is C16H17BrFNO3S. The molecule has 0 unspecified atom stereocenters. The highest BCUT2D eigenvalue weighted by atomic mass is 79.9. The zero-order valence-electron chi connectivity index (χ0n) is 12.6. The zero-order valence-corrected chi connectivity index (χ0v) is 15.0. The van der Waals surface area contributed by atoms with E-state index in [0.29, 0.717) is 10.2 Å². The molecule has 0 amide bonds. The molecule has 0 aromatic heterocycles. The lowest BCUT2D eigenvalue weighted by Gasteiger charge is -2.09. The van der Waals surface area contributed by atoms with Crippen LogP contribution in [0.5, 0.6) is 5.75 Å². The highest BCUT2D eigenvalue weighted by molar-refractivity contribution is 9.10. The van der Waals surface area contributed by atoms with Gasteiger partial charge in [0, 0.05) is 16.6 Å². The summed E-state index contributed by atoms with van der Waals surface area (Å²) in [6.07, 6.45) is 0. The van der Waals surface area contributed by atoms with Crippen LogP contribution in [0.15, 0.2) is 46.9 Å². The Morgan fingerprint density at radius 1 is 1.17 bits per heavy atom. The summed E-state index contributed by atoms with van der Waals surface area (Å²) in [5.41, 5.74) is 1.25. The third-order valence-corrected chi connectivity index (χ3v) is 4.90. The van der Waals surface area contributed by atoms with Crippen molar-refractivity contribution < 1.29 is 17.5 Å². The Bertz CT molecular complexity index is 763. The van der Waals surface area contributed by atoms with E-state index in [9.17, 15) is 12.8 Å². The molecule has 124 valence electrons. The molecule has 0 heterocycles. The van der Waals surface area contributed by atoms with Crippen LogP contribution in [0.2, 0.25) is 0 Å². The van der Waals surface area contributed by atoms with Crippen molar-refractivity contribution in [3.63, 3.8) is 0 Å². The summed E-state index contributed by atoms with van der Waals surface area (Å²) < 4.78 is 46.0. The molecule has 0 aliphatic rings. The average molecular weight is 402 g/mol. The summed E-state index contributed by atoms with van der Waals surface area (Å²) in [5.74, 6) is -0.286. The second kappa shape index (κ2) is 7.90. The first-order valence-electron chi connectivity index (χ1n) is 6.96. The molecule has 23 heavy (non-hydrogen) atoms. The Labute approximate surface area is 143 Å². The van der Waals surface area contributed by atoms with Crippen molar-refractivity contribution in [2.24, 2.45) is 0 Å². The van der Waals surface area contributed by atoms with Crippen molar-refractivity contribution in [2.45, 2.75) is 12.7 Å². The number of benzene rings is 2. The molecule has 2 rings (SSSR count). The lowest BCUT2D eigenvalue weighted by molar-refractivity contribution is 0.322. The van der Waals surface area contributed by atoms with Gasteiger partial charge >= 0.3 is 0 Å². The van der Waals surface area contributed by atoms with Gasteiger partial charge in [0.25, 0.3) is 0 Å². The predicted octanol–water partition coefficient (Wildman–Crippen LogP) is 3.40. The van der Waals surface area contributed by atoms with Crippen molar-refractivity contribution in [3.8, 4) is 5.75 Å². The lowest BCUT2D eigenvalue weighted by Crippen LogP contribution is -2.29. The van der Waals surface area contributed by atoms with Crippen molar-refractivity contribution in [1.82, 2.24) is 4.72 Å². The van der Waals surface area contributed by atoms with Gasteiger partial charge in [-0.05, 0) is 31.2 Å². The van der Waals surface area contributed by atoms with E-state index in [-0.39, 0.29) is 18.7 Å². The van der Waals surface area contributed by atoms with Gasteiger partial charge in [-0.1, -0.05) is 39.7 Å². The molecule has 0 saturated heterocycles. The minimum atomic E-state index is -3.62. The summed E-state index contributed by atoms with van der Waals surface area (Å²) in [7, 11) is -3.62. The molecule has 0 radical (unpaired) electrons. The van der Waals surface area contributed by atoms with E-state index in [4.69, 9.17) is 4.74 Å². The molecule has 0 spiro atoms. The Morgan fingerprint density at radius 3 is 2.52 bits per heavy atom. The Kier molecular flexibility index (Phi) is 6.15. The van der Waals surface area contributed by atoms with E-state index in [1.54, 1.807) is 6.07 Å². The number of sulfonamides is 1. The molecule has 0 saturated carbocycles. The molecule has 0 atom stereocenters. The van der Waals surface area contributed by atoms with Gasteiger partial charge in [0.1, 0.15) is 18.2 Å². The fourth-order valence-corrected chi connectivity index (χ4v) is 3.37. The molecule has 0 aliphatic carbocycles. The van der Waals surface area contributed by atoms with E-state index in [1.807, 2.05) is 31.2 Å². The highest BCUT2D eigenvalue weighted by Crippen LogP contribution is 2.17. The maximum Gasteiger partial charge on any atom is 0.216 e. The lowest BCUT2D eigenvalue weighted by atomic mass is 10.2. The van der Waals surface area contributed by atoms with Crippen molar-refractivity contribution in [1.29, 1.82) is 0 Å². The van der Waals surface area contributed by atoms with Crippen LogP contribution in [0, 0.1) is 12.7 Å². The fourth-order valence-electron chi connectivity index (χ4n) is 1.90. The molecule has 0 fully saturated rings. The van der Waals surface area contributed by atoms with Crippen LogP contribution in [0.25, 0.3) is 0 Å². The van der Waals surface area contributed by atoms with Gasteiger partial charge in [-0.15, -0.1) is 0 Å². The van der Waals surface area contributed by atoms with Crippen LogP contribution in [0.3, 0.4) is 0 Å². The number of hydrogen-bond acceptors (Lipinski definition) is 3. The molecular weight excluding hydrogens is 385 g/mol. The Hall–Kier alpha value is -1.44. The second-order valence-electron chi connectivity index (χ2n) is 5.05. The summed E-state index contributed by atoms with van der Waals surface area (Å²) >= 11 is 3.13. The zero-order chi connectivity index (χ0) is 16.9. The minimum absolute atomic E-state index is 0.119. The minimum Gasteiger partial charge on any atom is -0.492 e. The summed E-state index contributed by atoms with van der Waals surface area (Å²) in [6, 6.07) is 11.8. The topological polar surface area (TPSA) is 55.4 Å². The maximum atomic E-state index is 13.7. The molecule has 0 aliphatic heterocycles. The van der Waals surface area contributed by atoms with E-state index in [2.05, 4.69) is 20.7 Å². The molecule has 1 N–H and O–H groups in total. The number of aryl methyl sites for hydroxylation is 1. The first-order valence-corrected chi connectivity index (χ1v) is 9.41. The second-order valence-corrected chi connectivity index (χ2v) is 7.77. The smallest absolute Gasteiger partial charge is 0.216 e. The quantitative estimate of drug-likeness (QED) is 0.723. The molecule has 2 aromatic rings. The van der Waals surface area contributed by atoms with Crippen molar-refractivity contribution >= 4 is 26.0 Å². The standard InChI is InChI=1S/C16H17BrFNO3S/c1-12-2-6-15(7-3-12)22-9-8-19-23(20,21)11-13-4-5-14(17)10-16(13)18/h2-7,10,19H,8-9,11H2,1H3. The SMILES string of the molecule is Cc1ccc(OCCNS(=O)(=O)Cc2ccc(Br)cc2F)cc1. The van der Waals surface area contributed by atoms with Crippen molar-refractivity contribution in [2.75, 3.05) is 13.2 Å². The number of ether oxygens (including phenoxy) is 1. The van der Waals surface area contributed by atoms with Crippen LogP contribution >= 0.6 is 15.9 Å². The van der Waals surface area contributed by atoms with Gasteiger partial charge < -0.3 is 4.74 Å². The van der Waals surface area contributed by atoms with Gasteiger partial charge in [0.05, 0.1) is 5.75 Å². The first-order chi connectivity index (χ1) is 10.9. The van der Waals surface area contributed by atoms with Gasteiger partial charge in [-0.25, -0.2) is 17.5 Å². The van der Waals surface area contributed by atoms with E-state index >= 15 is 0 Å². The molecule has 0 bridgehead atoms. The van der Waals surface area contributed by atoms with Gasteiger partial charge in [-0.2, -0.15) is 0 Å². The average Bonchev–Trinajstić information content (AvgIpc) is 2.48. The van der Waals surface area contributed by atoms with Crippen LogP contribution in [0.1, 0.15) is 11.1 Å². The molecule has 2 aromatic carbocycles. The largest absolute Gasteiger partial charge is 0.492 e. The van der Waals surface area contributed by atoms with Gasteiger partial charge in [0.15, 0.2) is 0 Å². The van der Waals surface area contributed by atoms with Crippen LogP contribution < -0.4 is 9.46 Å².